The molecule has 23 heavy (non-hydrogen) atoms. The summed E-state index contributed by atoms with van der Waals surface area (Å²) < 4.78 is 13.5. The molecule has 0 bridgehead atoms. The zero-order chi connectivity index (χ0) is 16.4. The van der Waals surface area contributed by atoms with Crippen LogP contribution in [-0.2, 0) is 4.79 Å². The van der Waals surface area contributed by atoms with Crippen LogP contribution < -0.4 is 16.6 Å². The van der Waals surface area contributed by atoms with Crippen molar-refractivity contribution in [2.45, 2.75) is 37.8 Å². The van der Waals surface area contributed by atoms with E-state index < -0.39 is 6.04 Å². The molecule has 2 aliphatic rings. The van der Waals surface area contributed by atoms with E-state index in [1.54, 1.807) is 19.1 Å². The van der Waals surface area contributed by atoms with Crippen molar-refractivity contribution < 1.29 is 9.18 Å². The Balaban J connectivity index is 1.64. The van der Waals surface area contributed by atoms with Gasteiger partial charge in [-0.15, -0.1) is 0 Å². The number of nitrogens with one attached hydrogen (secondary N) is 2. The van der Waals surface area contributed by atoms with Gasteiger partial charge in [-0.05, 0) is 43.4 Å². The second-order valence-corrected chi connectivity index (χ2v) is 6.66. The lowest BCUT2D eigenvalue weighted by Crippen LogP contribution is -2.49. The molecule has 2 aliphatic heterocycles. The highest BCUT2D eigenvalue weighted by Crippen LogP contribution is 2.32. The summed E-state index contributed by atoms with van der Waals surface area (Å²) in [4.78, 5) is 13.8. The molecule has 0 spiro atoms. The third kappa shape index (κ3) is 3.54. The lowest BCUT2D eigenvalue weighted by Gasteiger charge is -2.37. The van der Waals surface area contributed by atoms with Gasteiger partial charge in [0.15, 0.2) is 0 Å². The molecular formula is C17H25FN4O. The number of piperidine rings is 1. The minimum absolute atomic E-state index is 0.0302. The summed E-state index contributed by atoms with van der Waals surface area (Å²) in [6.45, 7) is 4.03. The van der Waals surface area contributed by atoms with Gasteiger partial charge in [-0.3, -0.25) is 15.6 Å². The first-order valence-corrected chi connectivity index (χ1v) is 8.34. The van der Waals surface area contributed by atoms with Gasteiger partial charge in [0.2, 0.25) is 5.91 Å². The highest BCUT2D eigenvalue weighted by atomic mass is 19.1. The van der Waals surface area contributed by atoms with Crippen LogP contribution in [-0.4, -0.2) is 42.5 Å². The fourth-order valence-electron chi connectivity index (χ4n) is 3.79. The van der Waals surface area contributed by atoms with Crippen LogP contribution in [0, 0.1) is 11.7 Å². The summed E-state index contributed by atoms with van der Waals surface area (Å²) in [5.74, 6) is 0.565. The Morgan fingerprint density at radius 2 is 2.13 bits per heavy atom. The summed E-state index contributed by atoms with van der Waals surface area (Å²) in [6, 6.07) is 6.70. The van der Waals surface area contributed by atoms with Crippen LogP contribution in [0.4, 0.5) is 4.39 Å². The molecule has 0 aliphatic carbocycles. The first-order chi connectivity index (χ1) is 11.1. The van der Waals surface area contributed by atoms with Crippen LogP contribution in [0.25, 0.3) is 0 Å². The van der Waals surface area contributed by atoms with Crippen molar-refractivity contribution in [3.8, 4) is 0 Å². The number of nitrogens with two attached hydrogens (primary N) is 1. The highest BCUT2D eigenvalue weighted by Gasteiger charge is 2.37. The maximum atomic E-state index is 13.5. The van der Waals surface area contributed by atoms with Gasteiger partial charge in [-0.25, -0.2) is 4.39 Å². The molecule has 2 unspecified atom stereocenters. The van der Waals surface area contributed by atoms with Crippen molar-refractivity contribution in [1.82, 2.24) is 15.8 Å². The van der Waals surface area contributed by atoms with Gasteiger partial charge in [0, 0.05) is 31.6 Å². The van der Waals surface area contributed by atoms with E-state index in [1.807, 2.05) is 11.0 Å². The average molecular weight is 320 g/mol. The topological polar surface area (TPSA) is 70.4 Å². The summed E-state index contributed by atoms with van der Waals surface area (Å²) in [7, 11) is 0. The number of halogens is 1. The van der Waals surface area contributed by atoms with Gasteiger partial charge in [-0.1, -0.05) is 12.1 Å². The summed E-state index contributed by atoms with van der Waals surface area (Å²) in [6.07, 6.45) is 1.90. The Kier molecular flexibility index (Phi) is 4.94. The highest BCUT2D eigenvalue weighted by molar-refractivity contribution is 5.81. The zero-order valence-corrected chi connectivity index (χ0v) is 13.5. The van der Waals surface area contributed by atoms with Gasteiger partial charge < -0.3 is 10.6 Å². The monoisotopic (exact) mass is 320 g/mol. The standard InChI is InChI=1S/C17H25FN4O/c1-11(19)17(23)22-7-5-12(6-8-22)16-15(10-20-21-16)13-3-2-4-14(18)9-13/h2-4,9,11-12,15-16,20-21H,5-8,10,19H2,1H3/t11-,15?,16?/m1/s1. The van der Waals surface area contributed by atoms with Crippen LogP contribution in [0.1, 0.15) is 31.2 Å². The normalized spacial score (nSPS) is 27.2. The van der Waals surface area contributed by atoms with Crippen LogP contribution in [0.5, 0.6) is 0 Å². The van der Waals surface area contributed by atoms with Crippen molar-refractivity contribution in [3.63, 3.8) is 0 Å². The molecule has 1 aromatic carbocycles. The molecule has 3 atom stereocenters. The molecular weight excluding hydrogens is 295 g/mol. The molecule has 6 heteroatoms. The molecule has 2 saturated heterocycles. The van der Waals surface area contributed by atoms with E-state index >= 15 is 0 Å². The maximum Gasteiger partial charge on any atom is 0.239 e. The number of hydrazine groups is 1. The van der Waals surface area contributed by atoms with Gasteiger partial charge in [-0.2, -0.15) is 0 Å². The van der Waals surface area contributed by atoms with Crippen LogP contribution >= 0.6 is 0 Å². The summed E-state index contributed by atoms with van der Waals surface area (Å²) in [5.41, 5.74) is 13.3. The molecule has 2 fully saturated rings. The van der Waals surface area contributed by atoms with Crippen LogP contribution in [0.3, 0.4) is 0 Å². The molecule has 1 amide bonds. The molecule has 5 nitrogen and oxygen atoms in total. The Labute approximate surface area is 136 Å². The third-order valence-corrected chi connectivity index (χ3v) is 5.05. The van der Waals surface area contributed by atoms with Gasteiger partial charge >= 0.3 is 0 Å². The number of hydrogen-bond donors (Lipinski definition) is 3. The molecule has 2 heterocycles. The number of carbonyl (C=O) groups excluding carboxylic acids is 1. The number of hydrogen-bond acceptors (Lipinski definition) is 4. The van der Waals surface area contributed by atoms with E-state index in [9.17, 15) is 9.18 Å². The fraction of sp³-hybridized carbons (Fsp3) is 0.588. The second-order valence-electron chi connectivity index (χ2n) is 6.66. The minimum Gasteiger partial charge on any atom is -0.341 e. The minimum atomic E-state index is -0.433. The molecule has 3 rings (SSSR count). The Morgan fingerprint density at radius 1 is 1.39 bits per heavy atom. The van der Waals surface area contributed by atoms with E-state index in [0.717, 1.165) is 38.0 Å². The average Bonchev–Trinajstić information content (AvgIpc) is 3.04. The fourth-order valence-corrected chi connectivity index (χ4v) is 3.79. The predicted molar refractivity (Wildman–Crippen MR) is 87.0 cm³/mol. The predicted octanol–water partition coefficient (Wildman–Crippen LogP) is 0.972. The Morgan fingerprint density at radius 3 is 2.78 bits per heavy atom. The van der Waals surface area contributed by atoms with E-state index in [-0.39, 0.29) is 23.7 Å². The quantitative estimate of drug-likeness (QED) is 0.776. The lowest BCUT2D eigenvalue weighted by molar-refractivity contribution is -0.133. The summed E-state index contributed by atoms with van der Waals surface area (Å²) in [5, 5.41) is 0. The number of nitrogens with zero attached hydrogens (tertiary/aromatic N) is 1. The van der Waals surface area contributed by atoms with Crippen LogP contribution in [0.2, 0.25) is 0 Å². The number of amides is 1. The van der Waals surface area contributed by atoms with E-state index in [4.69, 9.17) is 5.73 Å². The molecule has 0 saturated carbocycles. The first-order valence-electron chi connectivity index (χ1n) is 8.34. The molecule has 1 aromatic rings. The molecule has 4 N–H and O–H groups in total. The third-order valence-electron chi connectivity index (χ3n) is 5.05. The molecule has 0 radical (unpaired) electrons. The van der Waals surface area contributed by atoms with E-state index in [1.165, 1.54) is 6.07 Å². The molecule has 126 valence electrons. The second kappa shape index (κ2) is 6.95. The number of carbonyl (C=O) groups is 1. The smallest absolute Gasteiger partial charge is 0.239 e. The lowest BCUT2D eigenvalue weighted by atomic mass is 9.80. The van der Waals surface area contributed by atoms with Gasteiger partial charge in [0.1, 0.15) is 5.82 Å². The molecule has 0 aromatic heterocycles. The van der Waals surface area contributed by atoms with E-state index in [2.05, 4.69) is 10.9 Å². The Bertz CT molecular complexity index is 557. The van der Waals surface area contributed by atoms with Crippen molar-refractivity contribution >= 4 is 5.91 Å². The van der Waals surface area contributed by atoms with Crippen molar-refractivity contribution in [2.75, 3.05) is 19.6 Å². The van der Waals surface area contributed by atoms with Gasteiger partial charge in [0.25, 0.3) is 0 Å². The van der Waals surface area contributed by atoms with Crippen molar-refractivity contribution in [2.24, 2.45) is 11.7 Å². The largest absolute Gasteiger partial charge is 0.341 e. The maximum absolute atomic E-state index is 13.5. The van der Waals surface area contributed by atoms with Crippen molar-refractivity contribution in [3.05, 3.63) is 35.6 Å². The number of rotatable bonds is 3. The number of benzene rings is 1. The van der Waals surface area contributed by atoms with Crippen molar-refractivity contribution in [1.29, 1.82) is 0 Å². The zero-order valence-electron chi connectivity index (χ0n) is 13.5. The number of likely N-dealkylation sites (tertiary alicyclic amines) is 1. The van der Waals surface area contributed by atoms with Crippen LogP contribution in [0.15, 0.2) is 24.3 Å². The van der Waals surface area contributed by atoms with E-state index in [0.29, 0.717) is 5.92 Å². The Hall–Kier alpha value is -1.50. The first kappa shape index (κ1) is 16.4. The van der Waals surface area contributed by atoms with Gasteiger partial charge in [0.05, 0.1) is 6.04 Å². The SMILES string of the molecule is C[C@@H](N)C(=O)N1CCC(C2NNCC2c2cccc(F)c2)CC1. The summed E-state index contributed by atoms with van der Waals surface area (Å²) >= 11 is 0.